The predicted molar refractivity (Wildman–Crippen MR) is 101 cm³/mol. The number of aromatic nitrogens is 4. The van der Waals surface area contributed by atoms with E-state index in [4.69, 9.17) is 19.4 Å². The van der Waals surface area contributed by atoms with Crippen LogP contribution in [0, 0.1) is 0 Å². The van der Waals surface area contributed by atoms with Crippen LogP contribution in [0.15, 0.2) is 12.7 Å². The molecule has 18 nitrogen and oxygen atoms in total. The third-order valence-electron chi connectivity index (χ3n) is 4.02. The highest BCUT2D eigenvalue weighted by Crippen LogP contribution is 2.66. The molecule has 21 heteroatoms. The standard InChI is InChI=1S/C11H18N5O13P3/c1-12-9-6-10(14-3-13-9)16(4-15-6)11-8(18)7(17)5(27-11)2-26-31(22,23)29-32(24,25)28-30(19,20)21/h3-5,7-8,11,17-18H,2H2,1H3,(H,22,23)(H,24,25)(H,12,13,14)(H2,19,20,21)/t5-,7?,8+,11-/m1/s1. The van der Waals surface area contributed by atoms with E-state index >= 15 is 0 Å². The number of aliphatic hydroxyl groups is 2. The lowest BCUT2D eigenvalue weighted by Gasteiger charge is -2.19. The normalized spacial score (nSPS) is 27.8. The number of hydrogen-bond donors (Lipinski definition) is 7. The maximum atomic E-state index is 11.8. The number of nitrogens with zero attached hydrogens (tertiary/aromatic N) is 4. The van der Waals surface area contributed by atoms with Crippen LogP contribution in [0.1, 0.15) is 6.23 Å². The second kappa shape index (κ2) is 9.12. The summed E-state index contributed by atoms with van der Waals surface area (Å²) >= 11 is 0. The lowest BCUT2D eigenvalue weighted by molar-refractivity contribution is -0.0503. The van der Waals surface area contributed by atoms with E-state index in [2.05, 4.69) is 33.4 Å². The first-order chi connectivity index (χ1) is 14.7. The Balaban J connectivity index is 1.70. The Kier molecular flexibility index (Phi) is 7.20. The Bertz CT molecular complexity index is 1120. The van der Waals surface area contributed by atoms with Crippen molar-refractivity contribution in [3.63, 3.8) is 0 Å². The van der Waals surface area contributed by atoms with Crippen molar-refractivity contribution in [2.45, 2.75) is 24.5 Å². The average molecular weight is 521 g/mol. The molecule has 0 aromatic carbocycles. The van der Waals surface area contributed by atoms with Gasteiger partial charge in [0.1, 0.15) is 30.2 Å². The molecule has 0 amide bonds. The van der Waals surface area contributed by atoms with Crippen LogP contribution >= 0.6 is 23.5 Å². The van der Waals surface area contributed by atoms with Gasteiger partial charge < -0.3 is 39.8 Å². The highest BCUT2D eigenvalue weighted by molar-refractivity contribution is 7.66. The number of ether oxygens (including phenoxy) is 1. The fourth-order valence-electron chi connectivity index (χ4n) is 2.79. The molecule has 32 heavy (non-hydrogen) atoms. The summed E-state index contributed by atoms with van der Waals surface area (Å²) in [6.07, 6.45) is -3.46. The molecule has 6 atom stereocenters. The Labute approximate surface area is 178 Å². The zero-order chi connectivity index (χ0) is 23.9. The van der Waals surface area contributed by atoms with Gasteiger partial charge in [0.05, 0.1) is 12.9 Å². The smallest absolute Gasteiger partial charge is 0.387 e. The van der Waals surface area contributed by atoms with Crippen LogP contribution in [-0.4, -0.2) is 81.3 Å². The van der Waals surface area contributed by atoms with Crippen LogP contribution in [0.2, 0.25) is 0 Å². The van der Waals surface area contributed by atoms with Crippen molar-refractivity contribution in [2.24, 2.45) is 0 Å². The molecule has 1 aliphatic heterocycles. The largest absolute Gasteiger partial charge is 0.490 e. The Morgan fingerprint density at radius 3 is 2.38 bits per heavy atom. The van der Waals surface area contributed by atoms with E-state index in [1.165, 1.54) is 17.2 Å². The van der Waals surface area contributed by atoms with Crippen molar-refractivity contribution in [3.05, 3.63) is 12.7 Å². The topological polar surface area (TPSA) is 265 Å². The number of anilines is 1. The van der Waals surface area contributed by atoms with Crippen LogP contribution in [0.4, 0.5) is 5.82 Å². The van der Waals surface area contributed by atoms with E-state index in [9.17, 15) is 28.8 Å². The molecule has 0 spiro atoms. The van der Waals surface area contributed by atoms with Gasteiger partial charge in [-0.2, -0.15) is 8.62 Å². The fraction of sp³-hybridized carbons (Fsp3) is 0.545. The van der Waals surface area contributed by atoms with Gasteiger partial charge in [0.2, 0.25) is 0 Å². The van der Waals surface area contributed by atoms with Crippen molar-refractivity contribution in [1.82, 2.24) is 19.5 Å². The number of phosphoric ester groups is 1. The summed E-state index contributed by atoms with van der Waals surface area (Å²) in [5.74, 6) is 0.381. The maximum Gasteiger partial charge on any atom is 0.490 e. The van der Waals surface area contributed by atoms with Gasteiger partial charge in [0, 0.05) is 7.05 Å². The monoisotopic (exact) mass is 521 g/mol. The number of fused-ring (bicyclic) bond motifs is 1. The first-order valence-corrected chi connectivity index (χ1v) is 12.9. The van der Waals surface area contributed by atoms with Gasteiger partial charge in [-0.25, -0.2) is 28.6 Å². The summed E-state index contributed by atoms with van der Waals surface area (Å²) in [5.41, 5.74) is 0.561. The Hall–Kier alpha value is -1.36. The minimum Gasteiger partial charge on any atom is -0.387 e. The molecular formula is C11H18N5O13P3. The molecule has 1 aliphatic rings. The first kappa shape index (κ1) is 25.3. The zero-order valence-electron chi connectivity index (χ0n) is 15.8. The molecule has 3 rings (SSSR count). The number of aliphatic hydroxyl groups excluding tert-OH is 2. The number of rotatable bonds is 9. The zero-order valence-corrected chi connectivity index (χ0v) is 18.5. The molecule has 2 aromatic rings. The van der Waals surface area contributed by atoms with Crippen molar-refractivity contribution in [1.29, 1.82) is 0 Å². The van der Waals surface area contributed by atoms with Gasteiger partial charge in [0.15, 0.2) is 17.7 Å². The lowest BCUT2D eigenvalue weighted by atomic mass is 10.1. The van der Waals surface area contributed by atoms with Crippen LogP contribution in [0.3, 0.4) is 0 Å². The highest BCUT2D eigenvalue weighted by atomic mass is 31.3. The van der Waals surface area contributed by atoms with Gasteiger partial charge in [-0.05, 0) is 0 Å². The molecule has 3 unspecified atom stereocenters. The Morgan fingerprint density at radius 2 is 1.75 bits per heavy atom. The molecule has 0 saturated carbocycles. The van der Waals surface area contributed by atoms with Gasteiger partial charge in [-0.3, -0.25) is 9.09 Å². The highest BCUT2D eigenvalue weighted by Gasteiger charge is 2.47. The van der Waals surface area contributed by atoms with E-state index in [1.54, 1.807) is 7.05 Å². The summed E-state index contributed by atoms with van der Waals surface area (Å²) in [4.78, 5) is 47.8. The second-order valence-electron chi connectivity index (χ2n) is 6.23. The van der Waals surface area contributed by atoms with Crippen LogP contribution in [-0.2, 0) is 31.6 Å². The summed E-state index contributed by atoms with van der Waals surface area (Å²) in [7, 11) is -15.1. The van der Waals surface area contributed by atoms with E-state index in [0.29, 0.717) is 11.3 Å². The van der Waals surface area contributed by atoms with E-state index in [0.717, 1.165) is 0 Å². The van der Waals surface area contributed by atoms with Crippen molar-refractivity contribution in [2.75, 3.05) is 19.0 Å². The molecule has 1 saturated heterocycles. The summed E-state index contributed by atoms with van der Waals surface area (Å²) in [5, 5.41) is 23.3. The van der Waals surface area contributed by atoms with E-state index in [-0.39, 0.29) is 5.65 Å². The summed E-state index contributed by atoms with van der Waals surface area (Å²) in [6.45, 7) is -0.943. The van der Waals surface area contributed by atoms with Crippen molar-refractivity contribution in [3.8, 4) is 0 Å². The summed E-state index contributed by atoms with van der Waals surface area (Å²) in [6, 6.07) is 0. The molecule has 7 N–H and O–H groups in total. The quantitative estimate of drug-likeness (QED) is 0.192. The number of phosphoric acid groups is 3. The van der Waals surface area contributed by atoms with Gasteiger partial charge in [-0.1, -0.05) is 0 Å². The molecule has 3 heterocycles. The van der Waals surface area contributed by atoms with Crippen molar-refractivity contribution >= 4 is 40.4 Å². The molecule has 180 valence electrons. The van der Waals surface area contributed by atoms with E-state index in [1.807, 2.05) is 0 Å². The van der Waals surface area contributed by atoms with Crippen molar-refractivity contribution < 1.29 is 61.4 Å². The lowest BCUT2D eigenvalue weighted by Crippen LogP contribution is -2.33. The summed E-state index contributed by atoms with van der Waals surface area (Å²) < 4.78 is 52.1. The van der Waals surface area contributed by atoms with Crippen LogP contribution < -0.4 is 5.32 Å². The third kappa shape index (κ3) is 5.76. The molecule has 2 aromatic heterocycles. The van der Waals surface area contributed by atoms with Gasteiger partial charge >= 0.3 is 23.5 Å². The fourth-order valence-corrected chi connectivity index (χ4v) is 5.82. The minimum atomic E-state index is -5.70. The van der Waals surface area contributed by atoms with Crippen LogP contribution in [0.5, 0.6) is 0 Å². The SMILES string of the molecule is CNc1ncnc2c1ncn2[C@@H]1O[C@H](COP(=O)(O)OP(=O)(O)OP(=O)(O)O)C(O)[C@@H]1O. The average Bonchev–Trinajstić information content (AvgIpc) is 3.19. The first-order valence-electron chi connectivity index (χ1n) is 8.38. The minimum absolute atomic E-state index is 0.231. The number of hydrogen-bond acceptors (Lipinski definition) is 13. The van der Waals surface area contributed by atoms with E-state index < -0.39 is 54.6 Å². The molecule has 0 radical (unpaired) electrons. The second-order valence-corrected chi connectivity index (χ2v) is 10.6. The molecule has 0 aliphatic carbocycles. The van der Waals surface area contributed by atoms with Gasteiger partial charge in [-0.15, -0.1) is 0 Å². The third-order valence-corrected chi connectivity index (χ3v) is 7.83. The van der Waals surface area contributed by atoms with Gasteiger partial charge in [0.25, 0.3) is 0 Å². The molecule has 0 bridgehead atoms. The van der Waals surface area contributed by atoms with Crippen LogP contribution in [0.25, 0.3) is 11.2 Å². The number of nitrogens with one attached hydrogen (secondary N) is 1. The Morgan fingerprint density at radius 1 is 1.06 bits per heavy atom. The molecule has 1 fully saturated rings. The molecular weight excluding hydrogens is 503 g/mol. The predicted octanol–water partition coefficient (Wildman–Crippen LogP) is -1.17. The maximum absolute atomic E-state index is 11.8. The number of imidazole rings is 1.